The van der Waals surface area contributed by atoms with Crippen molar-refractivity contribution < 1.29 is 14.7 Å². The van der Waals surface area contributed by atoms with Gasteiger partial charge >= 0.3 is 5.97 Å². The molecule has 1 fully saturated rings. The third-order valence-electron chi connectivity index (χ3n) is 2.80. The van der Waals surface area contributed by atoms with Crippen LogP contribution in [0.15, 0.2) is 31.0 Å². The first-order chi connectivity index (χ1) is 8.63. The Morgan fingerprint density at radius 2 is 2.22 bits per heavy atom. The Bertz CT molecular complexity index is 478. The molecule has 0 saturated heterocycles. The summed E-state index contributed by atoms with van der Waals surface area (Å²) in [6.45, 7) is 4.12. The van der Waals surface area contributed by atoms with Gasteiger partial charge in [0.1, 0.15) is 5.69 Å². The highest BCUT2D eigenvalue weighted by Gasteiger charge is 2.32. The van der Waals surface area contributed by atoms with Crippen LogP contribution in [0.25, 0.3) is 0 Å². The predicted molar refractivity (Wildman–Crippen MR) is 65.5 cm³/mol. The number of carboxylic acid groups (broad SMARTS) is 1. The fraction of sp³-hybridized carbons (Fsp3) is 0.308. The minimum Gasteiger partial charge on any atom is -0.478 e. The Morgan fingerprint density at radius 3 is 2.67 bits per heavy atom. The molecular weight excluding hydrogens is 232 g/mol. The summed E-state index contributed by atoms with van der Waals surface area (Å²) < 4.78 is 0. The molecule has 0 atom stereocenters. The second-order valence-corrected chi connectivity index (χ2v) is 4.21. The molecule has 0 radical (unpaired) electrons. The average molecular weight is 246 g/mol. The van der Waals surface area contributed by atoms with Gasteiger partial charge in [0.2, 0.25) is 0 Å². The standard InChI is InChI=1S/C13H14N2O3/c1-2-7-15(10-4-5-10)12(16)11-6-3-9(8-14-11)13(17)18/h2-3,6,8,10H,1,4-5,7H2,(H,17,18). The van der Waals surface area contributed by atoms with Gasteiger partial charge in [-0.2, -0.15) is 0 Å². The molecule has 1 aromatic heterocycles. The first-order valence-electron chi connectivity index (χ1n) is 5.74. The Hall–Kier alpha value is -2.17. The van der Waals surface area contributed by atoms with Crippen LogP contribution in [-0.4, -0.2) is 39.5 Å². The lowest BCUT2D eigenvalue weighted by molar-refractivity contribution is 0.0692. The van der Waals surface area contributed by atoms with Gasteiger partial charge in [-0.25, -0.2) is 4.79 Å². The van der Waals surface area contributed by atoms with Crippen LogP contribution in [0.4, 0.5) is 0 Å². The number of nitrogens with zero attached hydrogens (tertiary/aromatic N) is 2. The van der Waals surface area contributed by atoms with E-state index < -0.39 is 5.97 Å². The molecule has 1 aliphatic carbocycles. The largest absolute Gasteiger partial charge is 0.478 e. The number of aromatic carboxylic acids is 1. The fourth-order valence-corrected chi connectivity index (χ4v) is 1.72. The molecule has 1 amide bonds. The second kappa shape index (κ2) is 5.00. The summed E-state index contributed by atoms with van der Waals surface area (Å²) in [4.78, 5) is 28.5. The van der Waals surface area contributed by atoms with Gasteiger partial charge in [0.25, 0.3) is 5.91 Å². The number of hydrogen-bond donors (Lipinski definition) is 1. The van der Waals surface area contributed by atoms with E-state index in [1.807, 2.05) is 0 Å². The molecule has 94 valence electrons. The highest BCUT2D eigenvalue weighted by Crippen LogP contribution is 2.27. The first kappa shape index (κ1) is 12.3. The van der Waals surface area contributed by atoms with Crippen LogP contribution in [0.1, 0.15) is 33.7 Å². The molecule has 1 aromatic rings. The van der Waals surface area contributed by atoms with E-state index in [0.29, 0.717) is 6.54 Å². The average Bonchev–Trinajstić information content (AvgIpc) is 3.19. The minimum atomic E-state index is -1.05. The highest BCUT2D eigenvalue weighted by molar-refractivity contribution is 5.94. The minimum absolute atomic E-state index is 0.0771. The number of carboxylic acids is 1. The molecule has 1 N–H and O–H groups in total. The van der Waals surface area contributed by atoms with Crippen molar-refractivity contribution in [2.75, 3.05) is 6.54 Å². The maximum Gasteiger partial charge on any atom is 0.337 e. The lowest BCUT2D eigenvalue weighted by atomic mass is 10.2. The summed E-state index contributed by atoms with van der Waals surface area (Å²) >= 11 is 0. The van der Waals surface area contributed by atoms with Crippen molar-refractivity contribution in [3.63, 3.8) is 0 Å². The van der Waals surface area contributed by atoms with E-state index in [-0.39, 0.29) is 23.2 Å². The van der Waals surface area contributed by atoms with Crippen LogP contribution < -0.4 is 0 Å². The number of aromatic nitrogens is 1. The van der Waals surface area contributed by atoms with E-state index in [1.165, 1.54) is 18.3 Å². The van der Waals surface area contributed by atoms with Crippen molar-refractivity contribution in [2.45, 2.75) is 18.9 Å². The summed E-state index contributed by atoms with van der Waals surface area (Å²) in [6.07, 6.45) is 4.90. The van der Waals surface area contributed by atoms with E-state index in [0.717, 1.165) is 12.8 Å². The zero-order valence-corrected chi connectivity index (χ0v) is 9.87. The van der Waals surface area contributed by atoms with Crippen LogP contribution in [0.5, 0.6) is 0 Å². The van der Waals surface area contributed by atoms with E-state index in [4.69, 9.17) is 5.11 Å². The molecule has 0 bridgehead atoms. The normalized spacial score (nSPS) is 14.0. The van der Waals surface area contributed by atoms with E-state index in [1.54, 1.807) is 11.0 Å². The third kappa shape index (κ3) is 2.56. The third-order valence-corrected chi connectivity index (χ3v) is 2.80. The zero-order chi connectivity index (χ0) is 13.1. The smallest absolute Gasteiger partial charge is 0.337 e. The number of rotatable bonds is 5. The molecule has 5 nitrogen and oxygen atoms in total. The van der Waals surface area contributed by atoms with Crippen molar-refractivity contribution in [2.24, 2.45) is 0 Å². The number of hydrogen-bond acceptors (Lipinski definition) is 3. The Morgan fingerprint density at radius 1 is 1.50 bits per heavy atom. The Kier molecular flexibility index (Phi) is 3.41. The van der Waals surface area contributed by atoms with Gasteiger partial charge < -0.3 is 10.0 Å². The quantitative estimate of drug-likeness (QED) is 0.800. The molecular formula is C13H14N2O3. The molecule has 5 heteroatoms. The van der Waals surface area contributed by atoms with Gasteiger partial charge in [0, 0.05) is 18.8 Å². The van der Waals surface area contributed by atoms with E-state index in [2.05, 4.69) is 11.6 Å². The molecule has 18 heavy (non-hydrogen) atoms. The van der Waals surface area contributed by atoms with Gasteiger partial charge in [-0.1, -0.05) is 6.08 Å². The van der Waals surface area contributed by atoms with E-state index >= 15 is 0 Å². The topological polar surface area (TPSA) is 70.5 Å². The van der Waals surface area contributed by atoms with Crippen LogP contribution in [0, 0.1) is 0 Å². The zero-order valence-electron chi connectivity index (χ0n) is 9.87. The summed E-state index contributed by atoms with van der Waals surface area (Å²) in [7, 11) is 0. The molecule has 1 heterocycles. The van der Waals surface area contributed by atoms with Crippen molar-refractivity contribution in [3.05, 3.63) is 42.2 Å². The number of carbonyl (C=O) groups excluding carboxylic acids is 1. The lowest BCUT2D eigenvalue weighted by Gasteiger charge is -2.19. The van der Waals surface area contributed by atoms with Crippen LogP contribution in [0.2, 0.25) is 0 Å². The SMILES string of the molecule is C=CCN(C(=O)c1ccc(C(=O)O)cn1)C1CC1. The number of amides is 1. The molecule has 0 spiro atoms. The van der Waals surface area contributed by atoms with Gasteiger partial charge in [-0.15, -0.1) is 6.58 Å². The summed E-state index contributed by atoms with van der Waals surface area (Å²) in [5.41, 5.74) is 0.349. The van der Waals surface area contributed by atoms with Crippen molar-refractivity contribution in [1.82, 2.24) is 9.88 Å². The van der Waals surface area contributed by atoms with Crippen molar-refractivity contribution in [1.29, 1.82) is 0 Å². The van der Waals surface area contributed by atoms with Gasteiger partial charge in [-0.05, 0) is 25.0 Å². The summed E-state index contributed by atoms with van der Waals surface area (Å²) in [5.74, 6) is -1.22. The predicted octanol–water partition coefficient (Wildman–Crippen LogP) is 1.57. The fourth-order valence-electron chi connectivity index (χ4n) is 1.72. The van der Waals surface area contributed by atoms with E-state index in [9.17, 15) is 9.59 Å². The molecule has 1 aliphatic rings. The molecule has 0 unspecified atom stereocenters. The molecule has 1 saturated carbocycles. The maximum absolute atomic E-state index is 12.2. The summed E-state index contributed by atoms with van der Waals surface area (Å²) in [6, 6.07) is 3.11. The Balaban J connectivity index is 2.16. The maximum atomic E-state index is 12.2. The van der Waals surface area contributed by atoms with Gasteiger partial charge in [0.15, 0.2) is 0 Å². The molecule has 0 aliphatic heterocycles. The van der Waals surface area contributed by atoms with Crippen LogP contribution in [-0.2, 0) is 0 Å². The highest BCUT2D eigenvalue weighted by atomic mass is 16.4. The molecule has 2 rings (SSSR count). The number of carbonyl (C=O) groups is 2. The van der Waals surface area contributed by atoms with Crippen LogP contribution in [0.3, 0.4) is 0 Å². The monoisotopic (exact) mass is 246 g/mol. The van der Waals surface area contributed by atoms with Gasteiger partial charge in [-0.3, -0.25) is 9.78 Å². The second-order valence-electron chi connectivity index (χ2n) is 4.21. The van der Waals surface area contributed by atoms with Crippen LogP contribution >= 0.6 is 0 Å². The first-order valence-corrected chi connectivity index (χ1v) is 5.74. The van der Waals surface area contributed by atoms with Crippen molar-refractivity contribution >= 4 is 11.9 Å². The number of pyridine rings is 1. The summed E-state index contributed by atoms with van der Waals surface area (Å²) in [5, 5.41) is 8.76. The lowest BCUT2D eigenvalue weighted by Crippen LogP contribution is -2.33. The van der Waals surface area contributed by atoms with Gasteiger partial charge in [0.05, 0.1) is 5.56 Å². The Labute approximate surface area is 105 Å². The molecule has 0 aromatic carbocycles. The van der Waals surface area contributed by atoms with Crippen molar-refractivity contribution in [3.8, 4) is 0 Å².